The Balaban J connectivity index is 1.67. The van der Waals surface area contributed by atoms with Gasteiger partial charge in [0.25, 0.3) is 0 Å². The number of anilines is 1. The zero-order valence-corrected chi connectivity index (χ0v) is 13.0. The van der Waals surface area contributed by atoms with Crippen LogP contribution in [0, 0.1) is 5.92 Å². The first-order chi connectivity index (χ1) is 10.6. The number of carbonyl (C=O) groups is 1. The molecule has 8 heteroatoms. The minimum Gasteiger partial charge on any atom is -0.454 e. The van der Waals surface area contributed by atoms with Crippen LogP contribution in [0.3, 0.4) is 0 Å². The second kappa shape index (κ2) is 6.18. The second-order valence-corrected chi connectivity index (χ2v) is 6.08. The van der Waals surface area contributed by atoms with Gasteiger partial charge < -0.3 is 14.2 Å². The third kappa shape index (κ3) is 3.28. The number of carbonyl (C=O) groups excluding carboxylic acids is 1. The van der Waals surface area contributed by atoms with Gasteiger partial charge in [0.05, 0.1) is 6.61 Å². The Labute approximate surface area is 131 Å². The highest BCUT2D eigenvalue weighted by molar-refractivity contribution is 7.18. The smallest absolute Gasteiger partial charge is 0.413 e. The van der Waals surface area contributed by atoms with E-state index in [4.69, 9.17) is 14.2 Å². The molecule has 0 bridgehead atoms. The molecule has 0 fully saturated rings. The Morgan fingerprint density at radius 1 is 1.36 bits per heavy atom. The zero-order valence-electron chi connectivity index (χ0n) is 12.2. The highest BCUT2D eigenvalue weighted by Gasteiger charge is 2.16. The van der Waals surface area contributed by atoms with Crippen LogP contribution in [-0.4, -0.2) is 29.7 Å². The molecule has 7 nitrogen and oxygen atoms in total. The van der Waals surface area contributed by atoms with E-state index in [1.54, 1.807) is 0 Å². The van der Waals surface area contributed by atoms with Crippen molar-refractivity contribution in [3.8, 4) is 22.1 Å². The average molecular weight is 321 g/mol. The first kappa shape index (κ1) is 14.6. The molecule has 0 saturated carbocycles. The number of nitrogens with zero attached hydrogens (tertiary/aromatic N) is 2. The van der Waals surface area contributed by atoms with Crippen LogP contribution in [0.1, 0.15) is 13.8 Å². The van der Waals surface area contributed by atoms with Crippen LogP contribution in [0.4, 0.5) is 9.93 Å². The first-order valence-corrected chi connectivity index (χ1v) is 7.61. The summed E-state index contributed by atoms with van der Waals surface area (Å²) >= 11 is 1.26. The van der Waals surface area contributed by atoms with Gasteiger partial charge in [0.15, 0.2) is 11.5 Å². The minimum absolute atomic E-state index is 0.226. The van der Waals surface area contributed by atoms with E-state index in [0.717, 1.165) is 5.56 Å². The predicted octanol–water partition coefficient (Wildman–Crippen LogP) is 3.14. The van der Waals surface area contributed by atoms with E-state index >= 15 is 0 Å². The summed E-state index contributed by atoms with van der Waals surface area (Å²) in [6.45, 7) is 4.52. The number of nitrogens with one attached hydrogen (secondary N) is 1. The summed E-state index contributed by atoms with van der Waals surface area (Å²) in [7, 11) is 0. The fourth-order valence-corrected chi connectivity index (χ4v) is 2.51. The predicted molar refractivity (Wildman–Crippen MR) is 81.3 cm³/mol. The normalized spacial score (nSPS) is 12.5. The molecule has 22 heavy (non-hydrogen) atoms. The van der Waals surface area contributed by atoms with Crippen LogP contribution in [0.25, 0.3) is 10.6 Å². The van der Waals surface area contributed by atoms with Crippen molar-refractivity contribution in [3.05, 3.63) is 18.2 Å². The molecule has 2 heterocycles. The summed E-state index contributed by atoms with van der Waals surface area (Å²) in [5, 5.41) is 11.6. The highest BCUT2D eigenvalue weighted by Crippen LogP contribution is 2.37. The Morgan fingerprint density at radius 3 is 3.00 bits per heavy atom. The van der Waals surface area contributed by atoms with Crippen molar-refractivity contribution in [2.45, 2.75) is 13.8 Å². The van der Waals surface area contributed by atoms with Crippen LogP contribution >= 0.6 is 11.3 Å². The second-order valence-electron chi connectivity index (χ2n) is 5.10. The van der Waals surface area contributed by atoms with E-state index in [1.165, 1.54) is 11.3 Å². The molecule has 0 spiro atoms. The summed E-state index contributed by atoms with van der Waals surface area (Å²) < 4.78 is 15.6. The third-order valence-electron chi connectivity index (χ3n) is 2.80. The van der Waals surface area contributed by atoms with Gasteiger partial charge in [0.1, 0.15) is 5.01 Å². The topological polar surface area (TPSA) is 82.6 Å². The maximum absolute atomic E-state index is 11.6. The molecule has 3 rings (SSSR count). The van der Waals surface area contributed by atoms with Crippen LogP contribution < -0.4 is 14.8 Å². The van der Waals surface area contributed by atoms with Crippen molar-refractivity contribution >= 4 is 22.6 Å². The van der Waals surface area contributed by atoms with Gasteiger partial charge in [-0.25, -0.2) is 4.79 Å². The summed E-state index contributed by atoms with van der Waals surface area (Å²) in [5.74, 6) is 1.67. The maximum atomic E-state index is 11.6. The molecule has 1 amide bonds. The first-order valence-electron chi connectivity index (χ1n) is 6.79. The van der Waals surface area contributed by atoms with E-state index in [9.17, 15) is 4.79 Å². The molecule has 0 saturated heterocycles. The molecule has 1 aliphatic heterocycles. The van der Waals surface area contributed by atoms with Crippen LogP contribution in [0.15, 0.2) is 18.2 Å². The lowest BCUT2D eigenvalue weighted by Crippen LogP contribution is -2.16. The van der Waals surface area contributed by atoms with Gasteiger partial charge in [-0.1, -0.05) is 25.2 Å². The number of fused-ring (bicyclic) bond motifs is 1. The van der Waals surface area contributed by atoms with Gasteiger partial charge in [0.2, 0.25) is 11.9 Å². The molecule has 116 valence electrons. The van der Waals surface area contributed by atoms with Gasteiger partial charge in [0, 0.05) is 5.56 Å². The quantitative estimate of drug-likeness (QED) is 0.931. The molecular weight excluding hydrogens is 306 g/mol. The van der Waals surface area contributed by atoms with Gasteiger partial charge in [-0.15, -0.1) is 10.2 Å². The van der Waals surface area contributed by atoms with Crippen molar-refractivity contribution in [3.63, 3.8) is 0 Å². The van der Waals surface area contributed by atoms with E-state index in [1.807, 2.05) is 32.0 Å². The fraction of sp³-hybridized carbons (Fsp3) is 0.357. The lowest BCUT2D eigenvalue weighted by molar-refractivity contribution is 0.147. The van der Waals surface area contributed by atoms with Gasteiger partial charge in [-0.05, 0) is 24.1 Å². The number of amides is 1. The number of aromatic nitrogens is 2. The molecule has 0 unspecified atom stereocenters. The molecule has 0 radical (unpaired) electrons. The van der Waals surface area contributed by atoms with Crippen molar-refractivity contribution in [1.82, 2.24) is 10.2 Å². The molecule has 2 aromatic rings. The number of rotatable bonds is 4. The van der Waals surface area contributed by atoms with Crippen LogP contribution in [-0.2, 0) is 4.74 Å². The van der Waals surface area contributed by atoms with Gasteiger partial charge in [-0.2, -0.15) is 0 Å². The number of hydrogen-bond donors (Lipinski definition) is 1. The Morgan fingerprint density at radius 2 is 2.18 bits per heavy atom. The monoisotopic (exact) mass is 321 g/mol. The lowest BCUT2D eigenvalue weighted by atomic mass is 10.2. The number of benzene rings is 1. The summed E-state index contributed by atoms with van der Waals surface area (Å²) in [4.78, 5) is 11.6. The standard InChI is InChI=1S/C14H15N3O4S/c1-8(2)6-19-14(18)15-13-17-16-12(22-13)9-3-4-10-11(5-9)21-7-20-10/h3-5,8H,6-7H2,1-2H3,(H,15,17,18). The molecule has 1 N–H and O–H groups in total. The summed E-state index contributed by atoms with van der Waals surface area (Å²) in [6, 6.07) is 5.53. The molecular formula is C14H15N3O4S. The summed E-state index contributed by atoms with van der Waals surface area (Å²) in [6.07, 6.45) is -0.526. The van der Waals surface area contributed by atoms with Crippen molar-refractivity contribution in [1.29, 1.82) is 0 Å². The number of ether oxygens (including phenoxy) is 3. The van der Waals surface area contributed by atoms with Gasteiger partial charge >= 0.3 is 6.09 Å². The maximum Gasteiger partial charge on any atom is 0.413 e. The zero-order chi connectivity index (χ0) is 15.5. The highest BCUT2D eigenvalue weighted by atomic mass is 32.1. The van der Waals surface area contributed by atoms with Crippen molar-refractivity contribution in [2.75, 3.05) is 18.7 Å². The van der Waals surface area contributed by atoms with Crippen molar-refractivity contribution in [2.24, 2.45) is 5.92 Å². The SMILES string of the molecule is CC(C)COC(=O)Nc1nnc(-c2ccc3c(c2)OCO3)s1. The Kier molecular flexibility index (Phi) is 4.10. The molecule has 1 aliphatic rings. The van der Waals surface area contributed by atoms with Crippen molar-refractivity contribution < 1.29 is 19.0 Å². The fourth-order valence-electron chi connectivity index (χ4n) is 1.79. The van der Waals surface area contributed by atoms with Gasteiger partial charge in [-0.3, -0.25) is 5.32 Å². The van der Waals surface area contributed by atoms with E-state index in [2.05, 4.69) is 15.5 Å². The Hall–Kier alpha value is -2.35. The van der Waals surface area contributed by atoms with Crippen LogP contribution in [0.2, 0.25) is 0 Å². The largest absolute Gasteiger partial charge is 0.454 e. The van der Waals surface area contributed by atoms with E-state index in [-0.39, 0.29) is 12.7 Å². The lowest BCUT2D eigenvalue weighted by Gasteiger charge is -2.06. The minimum atomic E-state index is -0.526. The molecule has 1 aromatic heterocycles. The van der Waals surface area contributed by atoms with Crippen LogP contribution in [0.5, 0.6) is 11.5 Å². The molecule has 0 atom stereocenters. The van der Waals surface area contributed by atoms with E-state index in [0.29, 0.717) is 28.2 Å². The molecule has 1 aromatic carbocycles. The average Bonchev–Trinajstić information content (AvgIpc) is 3.12. The third-order valence-corrected chi connectivity index (χ3v) is 3.69. The number of hydrogen-bond acceptors (Lipinski definition) is 7. The summed E-state index contributed by atoms with van der Waals surface area (Å²) in [5.41, 5.74) is 0.852. The Bertz CT molecular complexity index is 686. The molecule has 0 aliphatic carbocycles. The van der Waals surface area contributed by atoms with E-state index < -0.39 is 6.09 Å².